The van der Waals surface area contributed by atoms with Crippen molar-refractivity contribution in [2.24, 2.45) is 0 Å². The van der Waals surface area contributed by atoms with Gasteiger partial charge in [-0.3, -0.25) is 9.59 Å². The number of hydrogen-bond donors (Lipinski definition) is 1. The molecule has 4 nitrogen and oxygen atoms in total. The summed E-state index contributed by atoms with van der Waals surface area (Å²) in [5.74, 6) is 2.29. The lowest BCUT2D eigenvalue weighted by atomic mass is 9.91. The minimum atomic E-state index is -0.911. The fourth-order valence-corrected chi connectivity index (χ4v) is 2.67. The summed E-state index contributed by atoms with van der Waals surface area (Å²) < 4.78 is 0. The first-order valence-corrected chi connectivity index (χ1v) is 7.01. The fourth-order valence-electron chi connectivity index (χ4n) is 2.67. The van der Waals surface area contributed by atoms with Crippen molar-refractivity contribution in [3.8, 4) is 12.3 Å². The zero-order valence-electron chi connectivity index (χ0n) is 12.6. The van der Waals surface area contributed by atoms with Crippen molar-refractivity contribution >= 4 is 11.8 Å². The van der Waals surface area contributed by atoms with Crippen molar-refractivity contribution in [1.29, 1.82) is 0 Å². The smallest absolute Gasteiger partial charge is 0.248 e. The standard InChI is InChI=1S/C17H20N2O2/c1-5-9-12(2)19-14(13-10-7-6-8-11-13)15(20)18-17(3,4)16(19)21/h1,6-8,10-12,14H,9H2,2-4H3,(H,18,20). The molecule has 1 N–H and O–H groups in total. The third-order valence-corrected chi connectivity index (χ3v) is 3.73. The number of hydrogen-bond acceptors (Lipinski definition) is 2. The average Bonchev–Trinajstić information content (AvgIpc) is 2.43. The Bertz CT molecular complexity index is 587. The van der Waals surface area contributed by atoms with E-state index in [9.17, 15) is 9.59 Å². The highest BCUT2D eigenvalue weighted by Gasteiger charge is 2.47. The van der Waals surface area contributed by atoms with Crippen LogP contribution in [0.25, 0.3) is 0 Å². The van der Waals surface area contributed by atoms with Gasteiger partial charge in [0.1, 0.15) is 11.6 Å². The number of piperazine rings is 1. The van der Waals surface area contributed by atoms with E-state index in [1.165, 1.54) is 0 Å². The number of benzene rings is 1. The molecule has 1 aliphatic rings. The maximum atomic E-state index is 12.7. The van der Waals surface area contributed by atoms with E-state index in [4.69, 9.17) is 6.42 Å². The largest absolute Gasteiger partial charge is 0.340 e. The second-order valence-electron chi connectivity index (χ2n) is 5.90. The zero-order chi connectivity index (χ0) is 15.6. The molecule has 4 heteroatoms. The number of nitrogens with zero attached hydrogens (tertiary/aromatic N) is 1. The number of nitrogens with one attached hydrogen (secondary N) is 1. The fraction of sp³-hybridized carbons (Fsp3) is 0.412. The van der Waals surface area contributed by atoms with Gasteiger partial charge in [-0.15, -0.1) is 12.3 Å². The van der Waals surface area contributed by atoms with Crippen LogP contribution in [0.2, 0.25) is 0 Å². The molecule has 1 aromatic carbocycles. The van der Waals surface area contributed by atoms with E-state index < -0.39 is 11.6 Å². The third-order valence-electron chi connectivity index (χ3n) is 3.73. The van der Waals surface area contributed by atoms with E-state index >= 15 is 0 Å². The Hall–Kier alpha value is -2.28. The SMILES string of the molecule is C#CCC(C)N1C(=O)C(C)(C)NC(=O)C1c1ccccc1. The van der Waals surface area contributed by atoms with Crippen LogP contribution in [-0.2, 0) is 9.59 Å². The molecule has 0 radical (unpaired) electrons. The van der Waals surface area contributed by atoms with E-state index in [0.29, 0.717) is 6.42 Å². The van der Waals surface area contributed by atoms with E-state index in [1.54, 1.807) is 18.7 Å². The zero-order valence-corrected chi connectivity index (χ0v) is 12.6. The Labute approximate surface area is 125 Å². The first kappa shape index (κ1) is 15.1. The number of amides is 2. The maximum absolute atomic E-state index is 12.7. The van der Waals surface area contributed by atoms with Crippen LogP contribution < -0.4 is 5.32 Å². The van der Waals surface area contributed by atoms with Gasteiger partial charge in [0.05, 0.1) is 0 Å². The lowest BCUT2D eigenvalue weighted by Crippen LogP contribution is -2.66. The Kier molecular flexibility index (Phi) is 4.04. The summed E-state index contributed by atoms with van der Waals surface area (Å²) in [4.78, 5) is 26.9. The van der Waals surface area contributed by atoms with Crippen LogP contribution in [0.15, 0.2) is 30.3 Å². The van der Waals surface area contributed by atoms with Gasteiger partial charge in [0.2, 0.25) is 11.8 Å². The van der Waals surface area contributed by atoms with Crippen molar-refractivity contribution in [2.75, 3.05) is 0 Å². The van der Waals surface area contributed by atoms with Crippen LogP contribution in [0.5, 0.6) is 0 Å². The van der Waals surface area contributed by atoms with Gasteiger partial charge in [0, 0.05) is 12.5 Å². The Morgan fingerprint density at radius 1 is 1.33 bits per heavy atom. The molecular formula is C17H20N2O2. The third kappa shape index (κ3) is 2.78. The number of terminal acetylenes is 1. The van der Waals surface area contributed by atoms with Gasteiger partial charge in [-0.05, 0) is 26.3 Å². The van der Waals surface area contributed by atoms with Gasteiger partial charge in [0.25, 0.3) is 0 Å². The molecule has 2 atom stereocenters. The van der Waals surface area contributed by atoms with Crippen LogP contribution in [0, 0.1) is 12.3 Å². The molecule has 1 aromatic rings. The predicted octanol–water partition coefficient (Wildman–Crippen LogP) is 1.88. The normalized spacial score (nSPS) is 22.4. The van der Waals surface area contributed by atoms with E-state index in [0.717, 1.165) is 5.56 Å². The lowest BCUT2D eigenvalue weighted by molar-refractivity contribution is -0.156. The van der Waals surface area contributed by atoms with Gasteiger partial charge < -0.3 is 10.2 Å². The highest BCUT2D eigenvalue weighted by atomic mass is 16.2. The second kappa shape index (κ2) is 5.61. The first-order valence-electron chi connectivity index (χ1n) is 7.01. The molecule has 2 amide bonds. The van der Waals surface area contributed by atoms with E-state index in [1.807, 2.05) is 37.3 Å². The Morgan fingerprint density at radius 2 is 1.95 bits per heavy atom. The van der Waals surface area contributed by atoms with Crippen LogP contribution >= 0.6 is 0 Å². The summed E-state index contributed by atoms with van der Waals surface area (Å²) in [6.45, 7) is 5.30. The number of carbonyl (C=O) groups excluding carboxylic acids is 2. The minimum absolute atomic E-state index is 0.112. The summed E-state index contributed by atoms with van der Waals surface area (Å²) in [5, 5.41) is 2.80. The van der Waals surface area contributed by atoms with Crippen LogP contribution in [0.1, 0.15) is 38.8 Å². The maximum Gasteiger partial charge on any atom is 0.248 e. The number of carbonyl (C=O) groups is 2. The summed E-state index contributed by atoms with van der Waals surface area (Å²) in [6.07, 6.45) is 5.79. The molecule has 1 saturated heterocycles. The Balaban J connectivity index is 2.47. The van der Waals surface area contributed by atoms with E-state index in [-0.39, 0.29) is 17.9 Å². The van der Waals surface area contributed by atoms with Crippen LogP contribution in [-0.4, -0.2) is 28.3 Å². The van der Waals surface area contributed by atoms with Crippen molar-refractivity contribution in [1.82, 2.24) is 10.2 Å². The molecule has 0 aromatic heterocycles. The molecule has 2 rings (SSSR count). The second-order valence-corrected chi connectivity index (χ2v) is 5.90. The molecule has 1 aliphatic heterocycles. The monoisotopic (exact) mass is 284 g/mol. The lowest BCUT2D eigenvalue weighted by Gasteiger charge is -2.45. The molecule has 21 heavy (non-hydrogen) atoms. The first-order chi connectivity index (χ1) is 9.88. The van der Waals surface area contributed by atoms with Gasteiger partial charge >= 0.3 is 0 Å². The molecule has 0 aliphatic carbocycles. The molecule has 0 spiro atoms. The molecular weight excluding hydrogens is 264 g/mol. The van der Waals surface area contributed by atoms with Crippen molar-refractivity contribution < 1.29 is 9.59 Å². The minimum Gasteiger partial charge on any atom is -0.340 e. The summed E-state index contributed by atoms with van der Waals surface area (Å²) in [7, 11) is 0. The summed E-state index contributed by atoms with van der Waals surface area (Å²) in [5.41, 5.74) is -0.117. The van der Waals surface area contributed by atoms with Crippen LogP contribution in [0.4, 0.5) is 0 Å². The molecule has 1 heterocycles. The predicted molar refractivity (Wildman–Crippen MR) is 81.2 cm³/mol. The van der Waals surface area contributed by atoms with Crippen molar-refractivity contribution in [2.45, 2.75) is 44.8 Å². The quantitative estimate of drug-likeness (QED) is 0.862. The van der Waals surface area contributed by atoms with E-state index in [2.05, 4.69) is 11.2 Å². The van der Waals surface area contributed by atoms with Crippen molar-refractivity contribution in [3.63, 3.8) is 0 Å². The molecule has 110 valence electrons. The topological polar surface area (TPSA) is 49.4 Å². The molecule has 0 bridgehead atoms. The Morgan fingerprint density at radius 3 is 2.52 bits per heavy atom. The molecule has 2 unspecified atom stereocenters. The van der Waals surface area contributed by atoms with Crippen LogP contribution in [0.3, 0.4) is 0 Å². The van der Waals surface area contributed by atoms with Gasteiger partial charge in [0.15, 0.2) is 0 Å². The highest BCUT2D eigenvalue weighted by Crippen LogP contribution is 2.31. The number of rotatable bonds is 3. The van der Waals surface area contributed by atoms with Gasteiger partial charge in [-0.2, -0.15) is 0 Å². The van der Waals surface area contributed by atoms with Gasteiger partial charge in [-0.1, -0.05) is 30.3 Å². The molecule has 0 saturated carbocycles. The average molecular weight is 284 g/mol. The van der Waals surface area contributed by atoms with Gasteiger partial charge in [-0.25, -0.2) is 0 Å². The summed E-state index contributed by atoms with van der Waals surface area (Å²) >= 11 is 0. The van der Waals surface area contributed by atoms with Crippen molar-refractivity contribution in [3.05, 3.63) is 35.9 Å². The molecule has 1 fully saturated rings. The summed E-state index contributed by atoms with van der Waals surface area (Å²) in [6, 6.07) is 8.48. The highest BCUT2D eigenvalue weighted by molar-refractivity contribution is 6.00.